The molecule has 0 heterocycles. The normalized spacial score (nSPS) is 13.3. The zero-order chi connectivity index (χ0) is 12.1. The Morgan fingerprint density at radius 2 is 1.93 bits per heavy atom. The van der Waals surface area contributed by atoms with Gasteiger partial charge >= 0.3 is 5.97 Å². The zero-order valence-electron chi connectivity index (χ0n) is 9.61. The highest BCUT2D eigenvalue weighted by molar-refractivity contribution is 5.71. The molecule has 0 spiro atoms. The van der Waals surface area contributed by atoms with Crippen molar-refractivity contribution in [2.45, 2.75) is 19.4 Å². The van der Waals surface area contributed by atoms with E-state index in [1.165, 1.54) is 6.92 Å². The van der Waals surface area contributed by atoms with E-state index in [2.05, 4.69) is 5.48 Å². The van der Waals surface area contributed by atoms with Crippen LogP contribution in [0.1, 0.15) is 13.3 Å². The molecule has 88 valence electrons. The predicted molar refractivity (Wildman–Crippen MR) is 53.8 cm³/mol. The van der Waals surface area contributed by atoms with Gasteiger partial charge in [0.25, 0.3) is 0 Å². The Balaban J connectivity index is 4.18. The Labute approximate surface area is 89.4 Å². The number of carboxylic acid groups (broad SMARTS) is 1. The van der Waals surface area contributed by atoms with Crippen LogP contribution < -0.4 is 5.48 Å². The third-order valence-electron chi connectivity index (χ3n) is 1.52. The Hall–Kier alpha value is -1.14. The topological polar surface area (TPSA) is 75.6 Å². The minimum absolute atomic E-state index is 0.129. The monoisotopic (exact) mass is 219 g/mol. The number of carbonyl (C=O) groups is 2. The van der Waals surface area contributed by atoms with E-state index in [1.54, 1.807) is 0 Å². The van der Waals surface area contributed by atoms with Crippen LogP contribution in [0.25, 0.3) is 0 Å². The van der Waals surface area contributed by atoms with Crippen LogP contribution in [-0.2, 0) is 14.4 Å². The van der Waals surface area contributed by atoms with Crippen LogP contribution in [0.3, 0.4) is 0 Å². The highest BCUT2D eigenvalue weighted by atomic mass is 16.7. The van der Waals surface area contributed by atoms with E-state index in [0.717, 1.165) is 0 Å². The molecular weight excluding hydrogens is 200 g/mol. The minimum atomic E-state index is -0.946. The van der Waals surface area contributed by atoms with Crippen LogP contribution in [0, 0.1) is 0 Å². The second-order valence-electron chi connectivity index (χ2n) is 4.47. The summed E-state index contributed by atoms with van der Waals surface area (Å²) in [6, 6.07) is 0. The molecule has 0 saturated heterocycles. The molecule has 0 aliphatic rings. The van der Waals surface area contributed by atoms with Crippen LogP contribution in [0.2, 0.25) is 0 Å². The van der Waals surface area contributed by atoms with Crippen molar-refractivity contribution in [3.05, 3.63) is 0 Å². The van der Waals surface area contributed by atoms with Crippen LogP contribution in [0.5, 0.6) is 0 Å². The molecule has 1 atom stereocenters. The summed E-state index contributed by atoms with van der Waals surface area (Å²) in [7, 11) is 5.77. The Bertz CT molecular complexity index is 235. The molecule has 0 fully saturated rings. The van der Waals surface area contributed by atoms with Gasteiger partial charge in [-0.2, -0.15) is 0 Å². The summed E-state index contributed by atoms with van der Waals surface area (Å²) < 4.78 is 0.567. The summed E-state index contributed by atoms with van der Waals surface area (Å²) in [6.07, 6.45) is -0.651. The summed E-state index contributed by atoms with van der Waals surface area (Å²) in [5, 5.41) is 8.65. The first-order valence-electron chi connectivity index (χ1n) is 4.65. The smallest absolute Gasteiger partial charge is 0.306 e. The first-order chi connectivity index (χ1) is 6.70. The molecule has 0 rings (SSSR count). The number of aliphatic carboxylic acids is 1. The Kier molecular flexibility index (Phi) is 5.24. The lowest BCUT2D eigenvalue weighted by atomic mass is 10.2. The Morgan fingerprint density at radius 1 is 1.40 bits per heavy atom. The van der Waals surface area contributed by atoms with Crippen molar-refractivity contribution in [2.24, 2.45) is 0 Å². The fraction of sp³-hybridized carbons (Fsp3) is 0.778. The molecule has 2 N–H and O–H groups in total. The van der Waals surface area contributed by atoms with E-state index in [9.17, 15) is 9.59 Å². The summed E-state index contributed by atoms with van der Waals surface area (Å²) in [5.41, 5.74) is 2.16. The average molecular weight is 219 g/mol. The van der Waals surface area contributed by atoms with E-state index in [-0.39, 0.29) is 12.3 Å². The largest absolute Gasteiger partial charge is 0.481 e. The number of hydrogen-bond acceptors (Lipinski definition) is 3. The number of hydroxylamine groups is 1. The molecule has 0 aromatic rings. The number of likely N-dealkylation sites (N-methyl/N-ethyl adjacent to an activating group) is 1. The van der Waals surface area contributed by atoms with Gasteiger partial charge in [0.2, 0.25) is 5.91 Å². The van der Waals surface area contributed by atoms with Crippen molar-refractivity contribution < 1.29 is 24.0 Å². The SMILES string of the molecule is CC(=O)NO[C@H](CC(=O)O)C[N+](C)(C)C. The lowest BCUT2D eigenvalue weighted by Crippen LogP contribution is -2.45. The molecule has 0 bridgehead atoms. The number of hydrogen-bond donors (Lipinski definition) is 2. The fourth-order valence-electron chi connectivity index (χ4n) is 1.12. The summed E-state index contributed by atoms with van der Waals surface area (Å²) in [4.78, 5) is 26.1. The first-order valence-corrected chi connectivity index (χ1v) is 4.65. The number of carbonyl (C=O) groups excluding carboxylic acids is 1. The number of quaternary nitrogens is 1. The molecule has 0 aliphatic heterocycles. The molecule has 15 heavy (non-hydrogen) atoms. The molecule has 1 amide bonds. The lowest BCUT2D eigenvalue weighted by Gasteiger charge is -2.28. The number of amides is 1. The van der Waals surface area contributed by atoms with Crippen molar-refractivity contribution in [1.29, 1.82) is 0 Å². The fourth-order valence-corrected chi connectivity index (χ4v) is 1.12. The van der Waals surface area contributed by atoms with Crippen molar-refractivity contribution in [3.63, 3.8) is 0 Å². The van der Waals surface area contributed by atoms with E-state index in [0.29, 0.717) is 11.0 Å². The van der Waals surface area contributed by atoms with Gasteiger partial charge in [0.1, 0.15) is 12.6 Å². The minimum Gasteiger partial charge on any atom is -0.481 e. The number of rotatable bonds is 6. The van der Waals surface area contributed by atoms with E-state index < -0.39 is 12.1 Å². The van der Waals surface area contributed by atoms with Crippen molar-refractivity contribution in [3.8, 4) is 0 Å². The van der Waals surface area contributed by atoms with Gasteiger partial charge in [-0.15, -0.1) is 0 Å². The average Bonchev–Trinajstić information content (AvgIpc) is 1.95. The van der Waals surface area contributed by atoms with Gasteiger partial charge in [0.15, 0.2) is 0 Å². The van der Waals surface area contributed by atoms with Gasteiger partial charge in [0, 0.05) is 6.92 Å². The van der Waals surface area contributed by atoms with Crippen LogP contribution in [0.15, 0.2) is 0 Å². The Morgan fingerprint density at radius 3 is 2.27 bits per heavy atom. The van der Waals surface area contributed by atoms with Crippen molar-refractivity contribution in [2.75, 3.05) is 27.7 Å². The first kappa shape index (κ1) is 13.9. The third-order valence-corrected chi connectivity index (χ3v) is 1.52. The molecule has 0 aromatic carbocycles. The highest BCUT2D eigenvalue weighted by Gasteiger charge is 2.22. The quantitative estimate of drug-likeness (QED) is 0.471. The van der Waals surface area contributed by atoms with Crippen LogP contribution in [0.4, 0.5) is 0 Å². The van der Waals surface area contributed by atoms with Crippen LogP contribution in [-0.4, -0.2) is 55.3 Å². The van der Waals surface area contributed by atoms with E-state index in [1.807, 2.05) is 21.1 Å². The van der Waals surface area contributed by atoms with Gasteiger partial charge in [0.05, 0.1) is 27.6 Å². The predicted octanol–water partition coefficient (Wildman–Crippen LogP) is -0.396. The van der Waals surface area contributed by atoms with Gasteiger partial charge in [-0.05, 0) is 0 Å². The number of carboxylic acids is 1. The molecule has 6 nitrogen and oxygen atoms in total. The summed E-state index contributed by atoms with van der Waals surface area (Å²) in [5.74, 6) is -1.29. The highest BCUT2D eigenvalue weighted by Crippen LogP contribution is 2.03. The maximum absolute atomic E-state index is 10.6. The van der Waals surface area contributed by atoms with Gasteiger partial charge in [-0.3, -0.25) is 14.4 Å². The number of nitrogens with zero attached hydrogens (tertiary/aromatic N) is 1. The lowest BCUT2D eigenvalue weighted by molar-refractivity contribution is -0.873. The third kappa shape index (κ3) is 9.17. The van der Waals surface area contributed by atoms with Crippen molar-refractivity contribution >= 4 is 11.9 Å². The summed E-state index contributed by atoms with van der Waals surface area (Å²) in [6.45, 7) is 1.82. The van der Waals surface area contributed by atoms with E-state index in [4.69, 9.17) is 9.94 Å². The van der Waals surface area contributed by atoms with Gasteiger partial charge in [-0.25, -0.2) is 5.48 Å². The van der Waals surface area contributed by atoms with Crippen LogP contribution >= 0.6 is 0 Å². The van der Waals surface area contributed by atoms with Gasteiger partial charge in [-0.1, -0.05) is 0 Å². The van der Waals surface area contributed by atoms with Gasteiger partial charge < -0.3 is 9.59 Å². The maximum Gasteiger partial charge on any atom is 0.306 e. The molecule has 0 saturated carbocycles. The maximum atomic E-state index is 10.6. The summed E-state index contributed by atoms with van der Waals surface area (Å²) >= 11 is 0. The second-order valence-corrected chi connectivity index (χ2v) is 4.47. The molecule has 6 heteroatoms. The molecule has 0 aliphatic carbocycles. The molecule has 0 unspecified atom stereocenters. The van der Waals surface area contributed by atoms with E-state index >= 15 is 0 Å². The number of nitrogens with one attached hydrogen (secondary N) is 1. The van der Waals surface area contributed by atoms with Crippen molar-refractivity contribution in [1.82, 2.24) is 5.48 Å². The molecule has 0 aromatic heterocycles. The zero-order valence-corrected chi connectivity index (χ0v) is 9.61. The molecule has 0 radical (unpaired) electrons. The standard InChI is InChI=1S/C9H18N2O4/c1-7(12)10-15-8(5-9(13)14)6-11(2,3)4/h8H,5-6H2,1-4H3,(H-,10,12,13,14)/p+1/t8-/m1/s1. The second kappa shape index (κ2) is 5.67. The molecular formula is C9H19N2O4+.